The van der Waals surface area contributed by atoms with Crippen molar-refractivity contribution in [1.29, 1.82) is 0 Å². The van der Waals surface area contributed by atoms with Crippen LogP contribution in [0.2, 0.25) is 0 Å². The summed E-state index contributed by atoms with van der Waals surface area (Å²) in [5, 5.41) is 0. The first kappa shape index (κ1) is 17.4. The van der Waals surface area contributed by atoms with Gasteiger partial charge in [0.25, 0.3) is 11.8 Å². The van der Waals surface area contributed by atoms with Crippen LogP contribution in [0, 0.1) is 17.2 Å². The van der Waals surface area contributed by atoms with Crippen LogP contribution in [0.1, 0.15) is 36.0 Å². The predicted octanol–water partition coefficient (Wildman–Crippen LogP) is 2.94. The summed E-state index contributed by atoms with van der Waals surface area (Å²) >= 11 is 0. The minimum absolute atomic E-state index is 0.200. The van der Waals surface area contributed by atoms with Crippen LogP contribution >= 0.6 is 0 Å². The van der Waals surface area contributed by atoms with Crippen LogP contribution < -0.4 is 0 Å². The Morgan fingerprint density at radius 1 is 1.08 bits per heavy atom. The van der Waals surface area contributed by atoms with Gasteiger partial charge in [-0.1, -0.05) is 12.5 Å². The molecule has 1 aliphatic carbocycles. The Labute approximate surface area is 149 Å². The largest absolute Gasteiger partial charge is 0.338 e. The molecule has 3 fully saturated rings. The first-order chi connectivity index (χ1) is 12.3. The summed E-state index contributed by atoms with van der Waals surface area (Å²) in [5.41, 5.74) is -0.0318. The molecule has 0 unspecified atom stereocenters. The molecular formula is C19H21F3N2O2. The van der Waals surface area contributed by atoms with Crippen molar-refractivity contribution in [3.63, 3.8) is 0 Å². The number of nitrogens with zero attached hydrogens (tertiary/aromatic N) is 2. The summed E-state index contributed by atoms with van der Waals surface area (Å²) < 4.78 is 39.6. The molecule has 0 N–H and O–H groups in total. The number of hydrogen-bond acceptors (Lipinski definition) is 2. The highest BCUT2D eigenvalue weighted by Gasteiger charge is 2.55. The van der Waals surface area contributed by atoms with Gasteiger partial charge in [0.15, 0.2) is 0 Å². The van der Waals surface area contributed by atoms with Gasteiger partial charge in [-0.3, -0.25) is 9.59 Å². The lowest BCUT2D eigenvalue weighted by Gasteiger charge is -2.42. The first-order valence-electron chi connectivity index (χ1n) is 9.01. The van der Waals surface area contributed by atoms with Crippen molar-refractivity contribution in [2.45, 2.75) is 31.6 Å². The fraction of sp³-hybridized carbons (Fsp3) is 0.579. The van der Waals surface area contributed by atoms with Gasteiger partial charge < -0.3 is 9.80 Å². The van der Waals surface area contributed by atoms with Crippen LogP contribution in [0.5, 0.6) is 0 Å². The van der Waals surface area contributed by atoms with Gasteiger partial charge in [-0.25, -0.2) is 13.2 Å². The number of benzene rings is 1. The van der Waals surface area contributed by atoms with Crippen molar-refractivity contribution < 1.29 is 22.8 Å². The number of carbonyl (C=O) groups excluding carboxylic acids is 2. The van der Waals surface area contributed by atoms with Crippen LogP contribution in [0.4, 0.5) is 13.2 Å². The highest BCUT2D eigenvalue weighted by Crippen LogP contribution is 2.51. The minimum atomic E-state index is -2.77. The molecule has 2 heterocycles. The van der Waals surface area contributed by atoms with E-state index < -0.39 is 24.8 Å². The van der Waals surface area contributed by atoms with Gasteiger partial charge in [0.1, 0.15) is 5.82 Å². The number of carbonyl (C=O) groups is 2. The van der Waals surface area contributed by atoms with E-state index in [0.717, 1.165) is 12.8 Å². The third-order valence-electron chi connectivity index (χ3n) is 6.10. The minimum Gasteiger partial charge on any atom is -0.338 e. The summed E-state index contributed by atoms with van der Waals surface area (Å²) in [4.78, 5) is 28.3. The number of likely N-dealkylation sites (tertiary alicyclic amines) is 2. The molecule has 1 spiro atoms. The maximum absolute atomic E-state index is 13.4. The topological polar surface area (TPSA) is 40.6 Å². The normalized spacial score (nSPS) is 29.9. The highest BCUT2D eigenvalue weighted by atomic mass is 19.3. The van der Waals surface area contributed by atoms with Crippen molar-refractivity contribution in [1.82, 2.24) is 9.80 Å². The highest BCUT2D eigenvalue weighted by molar-refractivity contribution is 5.94. The molecule has 7 heteroatoms. The number of hydrogen-bond donors (Lipinski definition) is 0. The van der Waals surface area contributed by atoms with E-state index in [1.807, 2.05) is 0 Å². The van der Waals surface area contributed by atoms with E-state index >= 15 is 0 Å². The molecule has 2 amide bonds. The predicted molar refractivity (Wildman–Crippen MR) is 88.2 cm³/mol. The summed E-state index contributed by atoms with van der Waals surface area (Å²) in [6.07, 6.45) is 3.06. The van der Waals surface area contributed by atoms with E-state index in [2.05, 4.69) is 0 Å². The molecule has 4 nitrogen and oxygen atoms in total. The second-order valence-electron chi connectivity index (χ2n) is 7.84. The van der Waals surface area contributed by atoms with Gasteiger partial charge >= 0.3 is 0 Å². The molecule has 4 rings (SSSR count). The lowest BCUT2D eigenvalue weighted by molar-refractivity contribution is -0.172. The molecular weight excluding hydrogens is 345 g/mol. The number of alkyl halides is 2. The Kier molecular flexibility index (Phi) is 4.00. The van der Waals surface area contributed by atoms with Gasteiger partial charge in [0, 0.05) is 30.0 Å². The number of rotatable bonds is 2. The van der Waals surface area contributed by atoms with Crippen LogP contribution in [0.25, 0.3) is 0 Å². The van der Waals surface area contributed by atoms with Crippen molar-refractivity contribution in [2.75, 3.05) is 26.2 Å². The van der Waals surface area contributed by atoms with E-state index in [-0.39, 0.29) is 23.1 Å². The molecule has 0 aromatic heterocycles. The molecule has 2 atom stereocenters. The third kappa shape index (κ3) is 2.87. The average Bonchev–Trinajstić information content (AvgIpc) is 3.19. The van der Waals surface area contributed by atoms with Gasteiger partial charge in [-0.05, 0) is 37.5 Å². The van der Waals surface area contributed by atoms with Crippen LogP contribution in [-0.4, -0.2) is 53.7 Å². The monoisotopic (exact) mass is 366 g/mol. The smallest absolute Gasteiger partial charge is 0.282 e. The lowest BCUT2D eigenvalue weighted by Crippen LogP contribution is -2.60. The summed E-state index contributed by atoms with van der Waals surface area (Å²) in [7, 11) is 0. The van der Waals surface area contributed by atoms with Crippen molar-refractivity contribution in [3.8, 4) is 0 Å². The van der Waals surface area contributed by atoms with Gasteiger partial charge in [0.2, 0.25) is 5.91 Å². The van der Waals surface area contributed by atoms with Crippen molar-refractivity contribution in [3.05, 3.63) is 35.6 Å². The van der Waals surface area contributed by atoms with E-state index in [1.54, 1.807) is 11.0 Å². The van der Waals surface area contributed by atoms with Gasteiger partial charge in [-0.2, -0.15) is 0 Å². The lowest BCUT2D eigenvalue weighted by atomic mass is 9.76. The number of halogens is 3. The number of amides is 2. The Bertz CT molecular complexity index is 746. The zero-order valence-corrected chi connectivity index (χ0v) is 14.4. The zero-order valence-electron chi connectivity index (χ0n) is 14.4. The van der Waals surface area contributed by atoms with E-state index in [0.29, 0.717) is 31.5 Å². The Balaban J connectivity index is 1.47. The standard InChI is InChI=1S/C19H21F3N2O2/c20-14-4-1-3-13(9-14)16(25)23-8-7-18(10-23)6-2-5-15(18)17(26)24-11-19(21,22)12-24/h1,3-4,9,15H,2,5-8,10-12H2/t15-,18+/m0/s1. The molecule has 0 bridgehead atoms. The summed E-state index contributed by atoms with van der Waals surface area (Å²) in [6, 6.07) is 5.58. The van der Waals surface area contributed by atoms with Gasteiger partial charge in [0.05, 0.1) is 13.1 Å². The molecule has 0 radical (unpaired) electrons. The Hall–Kier alpha value is -2.05. The molecule has 1 aromatic carbocycles. The molecule has 26 heavy (non-hydrogen) atoms. The average molecular weight is 366 g/mol. The molecule has 140 valence electrons. The maximum Gasteiger partial charge on any atom is 0.282 e. The molecule has 2 aliphatic heterocycles. The Morgan fingerprint density at radius 3 is 2.54 bits per heavy atom. The Morgan fingerprint density at radius 2 is 1.85 bits per heavy atom. The van der Waals surface area contributed by atoms with Crippen molar-refractivity contribution >= 4 is 11.8 Å². The quantitative estimate of drug-likeness (QED) is 0.808. The SMILES string of the molecule is O=C(c1cccc(F)c1)N1CC[C@]2(CCC[C@H]2C(=O)N2CC(F)(F)C2)C1. The summed E-state index contributed by atoms with van der Waals surface area (Å²) in [5.74, 6) is -3.97. The van der Waals surface area contributed by atoms with E-state index in [4.69, 9.17) is 0 Å². The maximum atomic E-state index is 13.4. The fourth-order valence-corrected chi connectivity index (χ4v) is 4.77. The zero-order chi connectivity index (χ0) is 18.5. The van der Waals surface area contributed by atoms with Crippen molar-refractivity contribution in [2.24, 2.45) is 11.3 Å². The second kappa shape index (κ2) is 5.99. The molecule has 1 saturated carbocycles. The fourth-order valence-electron chi connectivity index (χ4n) is 4.77. The van der Waals surface area contributed by atoms with Gasteiger partial charge in [-0.15, -0.1) is 0 Å². The second-order valence-corrected chi connectivity index (χ2v) is 7.84. The van der Waals surface area contributed by atoms with Crippen LogP contribution in [0.3, 0.4) is 0 Å². The summed E-state index contributed by atoms with van der Waals surface area (Å²) in [6.45, 7) is -0.0486. The molecule has 3 aliphatic rings. The molecule has 1 aromatic rings. The van der Waals surface area contributed by atoms with E-state index in [1.165, 1.54) is 23.1 Å². The van der Waals surface area contributed by atoms with Crippen LogP contribution in [0.15, 0.2) is 24.3 Å². The van der Waals surface area contributed by atoms with E-state index in [9.17, 15) is 22.8 Å². The molecule has 2 saturated heterocycles. The van der Waals surface area contributed by atoms with Crippen LogP contribution in [-0.2, 0) is 4.79 Å². The third-order valence-corrected chi connectivity index (χ3v) is 6.10. The first-order valence-corrected chi connectivity index (χ1v) is 9.01.